The quantitative estimate of drug-likeness (QED) is 0.492. The number of hydrogen-bond acceptors (Lipinski definition) is 2. The second-order valence-corrected chi connectivity index (χ2v) is 2.30. The lowest BCUT2D eigenvalue weighted by Crippen LogP contribution is -1.97. The maximum Gasteiger partial charge on any atom is 0.162 e. The first-order chi connectivity index (χ1) is 5.11. The van der Waals surface area contributed by atoms with E-state index in [0.29, 0.717) is 5.69 Å². The Morgan fingerprint density at radius 3 is 2.64 bits per heavy atom. The van der Waals surface area contributed by atoms with Crippen LogP contribution in [0.1, 0.15) is 17.3 Å². The van der Waals surface area contributed by atoms with E-state index in [1.165, 1.54) is 19.1 Å². The maximum atomic E-state index is 12.8. The van der Waals surface area contributed by atoms with Gasteiger partial charge in [0, 0.05) is 5.69 Å². The lowest BCUT2D eigenvalue weighted by atomic mass is 10.1. The molecule has 3 heteroatoms. The van der Waals surface area contributed by atoms with Gasteiger partial charge in [-0.1, -0.05) is 0 Å². The summed E-state index contributed by atoms with van der Waals surface area (Å²) in [5.41, 5.74) is 5.69. The number of carbonyl (C=O) groups is 1. The molecule has 0 saturated heterocycles. The Balaban J connectivity index is 3.20. The first-order valence-electron chi connectivity index (χ1n) is 3.17. The SMILES string of the molecule is CC(=O)c1ccc(N)cc1F. The number of benzene rings is 1. The summed E-state index contributed by atoms with van der Waals surface area (Å²) in [6.07, 6.45) is 0. The molecular formula is C8H8FNO. The molecule has 0 aliphatic carbocycles. The van der Waals surface area contributed by atoms with Crippen LogP contribution in [0.2, 0.25) is 0 Å². The number of anilines is 1. The van der Waals surface area contributed by atoms with Crippen molar-refractivity contribution in [1.29, 1.82) is 0 Å². The van der Waals surface area contributed by atoms with Crippen molar-refractivity contribution < 1.29 is 9.18 Å². The average Bonchev–Trinajstić information content (AvgIpc) is 1.85. The molecule has 2 N–H and O–H groups in total. The van der Waals surface area contributed by atoms with E-state index in [0.717, 1.165) is 6.07 Å². The van der Waals surface area contributed by atoms with Crippen LogP contribution in [0.5, 0.6) is 0 Å². The molecule has 0 aliphatic rings. The van der Waals surface area contributed by atoms with Crippen LogP contribution in [-0.2, 0) is 0 Å². The van der Waals surface area contributed by atoms with E-state index in [1.54, 1.807) is 0 Å². The molecule has 1 aromatic rings. The maximum absolute atomic E-state index is 12.8. The molecule has 0 fully saturated rings. The minimum atomic E-state index is -0.558. The molecule has 0 amide bonds. The smallest absolute Gasteiger partial charge is 0.162 e. The highest BCUT2D eigenvalue weighted by atomic mass is 19.1. The van der Waals surface area contributed by atoms with E-state index in [-0.39, 0.29) is 11.3 Å². The van der Waals surface area contributed by atoms with E-state index in [2.05, 4.69) is 0 Å². The van der Waals surface area contributed by atoms with Gasteiger partial charge >= 0.3 is 0 Å². The number of ketones is 1. The fourth-order valence-electron chi connectivity index (χ4n) is 0.817. The number of carbonyl (C=O) groups excluding carboxylic acids is 1. The Morgan fingerprint density at radius 2 is 2.18 bits per heavy atom. The molecule has 1 rings (SSSR count). The lowest BCUT2D eigenvalue weighted by Gasteiger charge is -1.98. The Kier molecular flexibility index (Phi) is 1.89. The highest BCUT2D eigenvalue weighted by Gasteiger charge is 2.05. The van der Waals surface area contributed by atoms with Crippen molar-refractivity contribution in [3.05, 3.63) is 29.6 Å². The topological polar surface area (TPSA) is 43.1 Å². The summed E-state index contributed by atoms with van der Waals surface area (Å²) in [5, 5.41) is 0. The zero-order valence-corrected chi connectivity index (χ0v) is 6.10. The molecule has 0 aliphatic heterocycles. The summed E-state index contributed by atoms with van der Waals surface area (Å²) >= 11 is 0. The number of rotatable bonds is 1. The van der Waals surface area contributed by atoms with E-state index < -0.39 is 5.82 Å². The fraction of sp³-hybridized carbons (Fsp3) is 0.125. The Hall–Kier alpha value is -1.38. The summed E-state index contributed by atoms with van der Waals surface area (Å²) < 4.78 is 12.8. The number of nitrogens with two attached hydrogens (primary N) is 1. The van der Waals surface area contributed by atoms with Gasteiger partial charge in [0.25, 0.3) is 0 Å². The first kappa shape index (κ1) is 7.72. The van der Waals surface area contributed by atoms with Crippen LogP contribution < -0.4 is 5.73 Å². The zero-order valence-electron chi connectivity index (χ0n) is 6.10. The second-order valence-electron chi connectivity index (χ2n) is 2.30. The monoisotopic (exact) mass is 153 g/mol. The first-order valence-corrected chi connectivity index (χ1v) is 3.17. The van der Waals surface area contributed by atoms with Gasteiger partial charge < -0.3 is 5.73 Å². The highest BCUT2D eigenvalue weighted by molar-refractivity contribution is 5.94. The van der Waals surface area contributed by atoms with Gasteiger partial charge in [-0.2, -0.15) is 0 Å². The van der Waals surface area contributed by atoms with Gasteiger partial charge in [-0.25, -0.2) is 4.39 Å². The average molecular weight is 153 g/mol. The van der Waals surface area contributed by atoms with Gasteiger partial charge in [0.1, 0.15) is 5.82 Å². The van der Waals surface area contributed by atoms with Crippen molar-refractivity contribution in [1.82, 2.24) is 0 Å². The molecule has 0 aromatic heterocycles. The van der Waals surface area contributed by atoms with Gasteiger partial charge in [0.15, 0.2) is 5.78 Å². The lowest BCUT2D eigenvalue weighted by molar-refractivity contribution is 0.101. The van der Waals surface area contributed by atoms with Crippen LogP contribution in [0.4, 0.5) is 10.1 Å². The minimum Gasteiger partial charge on any atom is -0.399 e. The number of halogens is 1. The van der Waals surface area contributed by atoms with Crippen LogP contribution >= 0.6 is 0 Å². The van der Waals surface area contributed by atoms with Crippen LogP contribution in [0.15, 0.2) is 18.2 Å². The largest absolute Gasteiger partial charge is 0.399 e. The fourth-order valence-corrected chi connectivity index (χ4v) is 0.817. The molecule has 0 bridgehead atoms. The Morgan fingerprint density at radius 1 is 1.55 bits per heavy atom. The minimum absolute atomic E-state index is 0.0826. The molecule has 0 saturated carbocycles. The van der Waals surface area contributed by atoms with Crippen molar-refractivity contribution in [2.45, 2.75) is 6.92 Å². The summed E-state index contributed by atoms with van der Waals surface area (Å²) in [6.45, 7) is 1.31. The van der Waals surface area contributed by atoms with E-state index in [1.807, 2.05) is 0 Å². The summed E-state index contributed by atoms with van der Waals surface area (Å²) in [6, 6.07) is 4.02. The third kappa shape index (κ3) is 1.55. The molecule has 2 nitrogen and oxygen atoms in total. The molecule has 1 aromatic carbocycles. The molecule has 0 heterocycles. The Bertz CT molecular complexity index is 296. The van der Waals surface area contributed by atoms with Gasteiger partial charge in [-0.15, -0.1) is 0 Å². The van der Waals surface area contributed by atoms with Crippen LogP contribution in [-0.4, -0.2) is 5.78 Å². The third-order valence-electron chi connectivity index (χ3n) is 1.37. The zero-order chi connectivity index (χ0) is 8.43. The molecule has 11 heavy (non-hydrogen) atoms. The van der Waals surface area contributed by atoms with E-state index in [4.69, 9.17) is 5.73 Å². The normalized spacial score (nSPS) is 9.64. The third-order valence-corrected chi connectivity index (χ3v) is 1.37. The van der Waals surface area contributed by atoms with Crippen LogP contribution in [0.25, 0.3) is 0 Å². The molecular weight excluding hydrogens is 145 g/mol. The molecule has 0 unspecified atom stereocenters. The van der Waals surface area contributed by atoms with E-state index >= 15 is 0 Å². The predicted octanol–water partition coefficient (Wildman–Crippen LogP) is 1.61. The predicted molar refractivity (Wildman–Crippen MR) is 40.8 cm³/mol. The van der Waals surface area contributed by atoms with Crippen molar-refractivity contribution in [3.63, 3.8) is 0 Å². The van der Waals surface area contributed by atoms with Crippen molar-refractivity contribution in [2.24, 2.45) is 0 Å². The molecule has 58 valence electrons. The van der Waals surface area contributed by atoms with E-state index in [9.17, 15) is 9.18 Å². The summed E-state index contributed by atoms with van der Waals surface area (Å²) in [7, 11) is 0. The number of hydrogen-bond donors (Lipinski definition) is 1. The second kappa shape index (κ2) is 2.70. The van der Waals surface area contributed by atoms with Crippen molar-refractivity contribution in [2.75, 3.05) is 5.73 Å². The van der Waals surface area contributed by atoms with Crippen LogP contribution in [0.3, 0.4) is 0 Å². The molecule has 0 atom stereocenters. The van der Waals surface area contributed by atoms with Gasteiger partial charge in [0.2, 0.25) is 0 Å². The molecule has 0 spiro atoms. The Labute approximate surface area is 63.8 Å². The number of Topliss-reactive ketones (excluding diaryl/α,β-unsaturated/α-hetero) is 1. The molecule has 0 radical (unpaired) electrons. The van der Waals surface area contributed by atoms with Crippen molar-refractivity contribution in [3.8, 4) is 0 Å². The summed E-state index contributed by atoms with van der Waals surface area (Å²) in [4.78, 5) is 10.7. The summed E-state index contributed by atoms with van der Waals surface area (Å²) in [5.74, 6) is -0.847. The van der Waals surface area contributed by atoms with Gasteiger partial charge in [0.05, 0.1) is 5.56 Å². The van der Waals surface area contributed by atoms with Crippen molar-refractivity contribution >= 4 is 11.5 Å². The highest BCUT2D eigenvalue weighted by Crippen LogP contribution is 2.11. The van der Waals surface area contributed by atoms with Gasteiger partial charge in [-0.3, -0.25) is 4.79 Å². The van der Waals surface area contributed by atoms with Crippen LogP contribution in [0, 0.1) is 5.82 Å². The number of nitrogen functional groups attached to an aromatic ring is 1. The van der Waals surface area contributed by atoms with Gasteiger partial charge in [-0.05, 0) is 25.1 Å². The standard InChI is InChI=1S/C8H8FNO/c1-5(11)7-3-2-6(10)4-8(7)9/h2-4H,10H2,1H3.